The maximum atomic E-state index is 5.89. The first-order valence-corrected chi connectivity index (χ1v) is 16.7. The van der Waals surface area contributed by atoms with E-state index in [9.17, 15) is 0 Å². The second kappa shape index (κ2) is 16.7. The molecule has 4 heterocycles. The van der Waals surface area contributed by atoms with E-state index < -0.39 is 0 Å². The Morgan fingerprint density at radius 3 is 1.76 bits per heavy atom. The molecule has 0 saturated carbocycles. The van der Waals surface area contributed by atoms with E-state index in [2.05, 4.69) is 76.0 Å². The van der Waals surface area contributed by atoms with Crippen LogP contribution in [0.25, 0.3) is 20.2 Å². The highest BCUT2D eigenvalue weighted by Crippen LogP contribution is 2.23. The van der Waals surface area contributed by atoms with Crippen LogP contribution >= 0.6 is 22.7 Å². The molecule has 0 radical (unpaired) electrons. The minimum atomic E-state index is 0. The molecule has 0 amide bonds. The number of thiophene rings is 2. The summed E-state index contributed by atoms with van der Waals surface area (Å²) < 4.78 is 14.3. The van der Waals surface area contributed by atoms with Crippen LogP contribution in [0.1, 0.15) is 38.3 Å². The lowest BCUT2D eigenvalue weighted by Crippen LogP contribution is -2.29. The molecule has 6 rings (SSSR count). The molecule has 2 saturated heterocycles. The number of ether oxygens (including phenoxy) is 2. The van der Waals surface area contributed by atoms with E-state index in [-0.39, 0.29) is 7.43 Å². The molecule has 5 nitrogen and oxygen atoms in total. The van der Waals surface area contributed by atoms with Gasteiger partial charge in [0.1, 0.15) is 0 Å². The van der Waals surface area contributed by atoms with Crippen molar-refractivity contribution in [2.45, 2.75) is 46.1 Å². The van der Waals surface area contributed by atoms with Gasteiger partial charge in [0.2, 0.25) is 0 Å². The van der Waals surface area contributed by atoms with Gasteiger partial charge in [-0.3, -0.25) is 4.90 Å². The van der Waals surface area contributed by atoms with Crippen LogP contribution in [0.3, 0.4) is 0 Å². The number of likely N-dealkylation sites (tertiary alicyclic amines) is 2. The molecule has 0 bridgehead atoms. The van der Waals surface area contributed by atoms with Gasteiger partial charge < -0.3 is 20.1 Å². The van der Waals surface area contributed by atoms with Gasteiger partial charge >= 0.3 is 0 Å². The molecule has 224 valence electrons. The number of nitrogens with two attached hydrogens (primary N) is 1. The lowest BCUT2D eigenvalue weighted by molar-refractivity contribution is 0.112. The quantitative estimate of drug-likeness (QED) is 0.180. The smallest absolute Gasteiger partial charge is 0.0593 e. The van der Waals surface area contributed by atoms with Gasteiger partial charge in [0, 0.05) is 41.6 Å². The molecule has 2 aliphatic rings. The molecule has 2 aromatic heterocycles. The standard InChI is InChI=1S/C17H23NOS.C16H22N2OS.CH4/c1-14-4-7-18(13-14)8-10-19-9-5-15-2-3-17-16(12-15)6-11-20-17;17-15-3-6-18(12-15)7-9-19-8-4-13-1-2-16-14(11-13)5-10-20-16;/h2-3,6,11-12,14H,4-5,7-10,13H2,1H3;1-2,5,10-11,15H,3-4,6-9,12,17H2;1H4. The van der Waals surface area contributed by atoms with Crippen molar-refractivity contribution in [2.24, 2.45) is 11.7 Å². The summed E-state index contributed by atoms with van der Waals surface area (Å²) >= 11 is 3.60. The van der Waals surface area contributed by atoms with Crippen molar-refractivity contribution in [3.63, 3.8) is 0 Å². The fraction of sp³-hybridized carbons (Fsp3) is 0.529. The van der Waals surface area contributed by atoms with E-state index in [1.807, 2.05) is 0 Å². The Hall–Kier alpha value is -1.84. The summed E-state index contributed by atoms with van der Waals surface area (Å²) in [6.07, 6.45) is 4.48. The molecular formula is C34H49N3O2S2. The highest BCUT2D eigenvalue weighted by Gasteiger charge is 2.18. The third-order valence-corrected chi connectivity index (χ3v) is 9.82. The molecule has 7 heteroatoms. The Kier molecular flexibility index (Phi) is 13.1. The van der Waals surface area contributed by atoms with E-state index in [1.165, 1.54) is 50.8 Å². The van der Waals surface area contributed by atoms with Crippen LogP contribution in [0, 0.1) is 5.92 Å². The molecule has 2 aliphatic heterocycles. The Morgan fingerprint density at radius 1 is 0.732 bits per heavy atom. The van der Waals surface area contributed by atoms with Gasteiger partial charge in [-0.15, -0.1) is 22.7 Å². The second-order valence-corrected chi connectivity index (χ2v) is 13.2. The lowest BCUT2D eigenvalue weighted by Gasteiger charge is -2.15. The minimum Gasteiger partial charge on any atom is -0.380 e. The molecule has 0 aliphatic carbocycles. The van der Waals surface area contributed by atoms with Crippen molar-refractivity contribution in [2.75, 3.05) is 65.7 Å². The number of hydrogen-bond donors (Lipinski definition) is 1. The zero-order chi connectivity index (χ0) is 27.6. The third-order valence-electron chi connectivity index (χ3n) is 8.02. The Balaban J connectivity index is 0.000000184. The van der Waals surface area contributed by atoms with E-state index in [0.717, 1.165) is 77.8 Å². The number of hydrogen-bond acceptors (Lipinski definition) is 7. The van der Waals surface area contributed by atoms with Crippen molar-refractivity contribution in [3.8, 4) is 0 Å². The van der Waals surface area contributed by atoms with Crippen molar-refractivity contribution >= 4 is 42.8 Å². The van der Waals surface area contributed by atoms with Crippen LogP contribution in [0.5, 0.6) is 0 Å². The van der Waals surface area contributed by atoms with Crippen LogP contribution in [-0.2, 0) is 22.3 Å². The SMILES string of the molecule is C.CC1CCN(CCOCCc2ccc3sccc3c2)C1.NC1CCN(CCOCCc2ccc3sccc3c2)C1. The highest BCUT2D eigenvalue weighted by molar-refractivity contribution is 7.17. The zero-order valence-electron chi connectivity index (χ0n) is 23.9. The van der Waals surface area contributed by atoms with E-state index in [0.29, 0.717) is 6.04 Å². The Morgan fingerprint density at radius 2 is 1.27 bits per heavy atom. The fourth-order valence-corrected chi connectivity index (χ4v) is 7.15. The van der Waals surface area contributed by atoms with Crippen molar-refractivity contribution in [3.05, 3.63) is 70.4 Å². The Labute approximate surface area is 255 Å². The number of rotatable bonds is 12. The summed E-state index contributed by atoms with van der Waals surface area (Å²) in [4.78, 5) is 4.91. The maximum Gasteiger partial charge on any atom is 0.0593 e. The largest absolute Gasteiger partial charge is 0.380 e. The third kappa shape index (κ3) is 10.1. The topological polar surface area (TPSA) is 51.0 Å². The van der Waals surface area contributed by atoms with Crippen molar-refractivity contribution in [1.82, 2.24) is 9.80 Å². The molecule has 41 heavy (non-hydrogen) atoms. The predicted molar refractivity (Wildman–Crippen MR) is 179 cm³/mol. The van der Waals surface area contributed by atoms with Gasteiger partial charge in [-0.25, -0.2) is 0 Å². The van der Waals surface area contributed by atoms with Gasteiger partial charge in [0.25, 0.3) is 0 Å². The van der Waals surface area contributed by atoms with E-state index in [1.54, 1.807) is 22.7 Å². The summed E-state index contributed by atoms with van der Waals surface area (Å²) in [7, 11) is 0. The summed E-state index contributed by atoms with van der Waals surface area (Å²) in [5.74, 6) is 0.868. The maximum absolute atomic E-state index is 5.89. The van der Waals surface area contributed by atoms with Crippen LogP contribution in [0.2, 0.25) is 0 Å². The van der Waals surface area contributed by atoms with E-state index >= 15 is 0 Å². The first-order chi connectivity index (χ1) is 19.6. The second-order valence-electron chi connectivity index (χ2n) is 11.4. The summed E-state index contributed by atoms with van der Waals surface area (Å²) in [6.45, 7) is 12.4. The molecule has 2 atom stereocenters. The number of fused-ring (bicyclic) bond motifs is 2. The van der Waals surface area contributed by atoms with Crippen LogP contribution < -0.4 is 5.73 Å². The first kappa shape index (κ1) is 32.1. The van der Waals surface area contributed by atoms with Crippen molar-refractivity contribution in [1.29, 1.82) is 0 Å². The summed E-state index contributed by atoms with van der Waals surface area (Å²) in [5, 5.41) is 7.00. The molecule has 2 aromatic carbocycles. The highest BCUT2D eigenvalue weighted by atomic mass is 32.1. The van der Waals surface area contributed by atoms with Gasteiger partial charge in [-0.1, -0.05) is 38.6 Å². The van der Waals surface area contributed by atoms with Crippen LogP contribution in [0.4, 0.5) is 0 Å². The predicted octanol–water partition coefficient (Wildman–Crippen LogP) is 6.93. The monoisotopic (exact) mass is 595 g/mol. The minimum absolute atomic E-state index is 0. The summed E-state index contributed by atoms with van der Waals surface area (Å²) in [6, 6.07) is 18.2. The molecule has 2 unspecified atom stereocenters. The molecular weight excluding hydrogens is 547 g/mol. The number of nitrogens with zero attached hydrogens (tertiary/aromatic N) is 2. The summed E-state index contributed by atoms with van der Waals surface area (Å²) in [5.41, 5.74) is 8.63. The lowest BCUT2D eigenvalue weighted by atomic mass is 10.1. The van der Waals surface area contributed by atoms with Crippen LogP contribution in [0.15, 0.2) is 59.3 Å². The number of benzene rings is 2. The van der Waals surface area contributed by atoms with Gasteiger partial charge in [-0.05, 0) is 102 Å². The first-order valence-electron chi connectivity index (χ1n) is 14.9. The van der Waals surface area contributed by atoms with Gasteiger partial charge in [0.15, 0.2) is 0 Å². The van der Waals surface area contributed by atoms with E-state index in [4.69, 9.17) is 15.2 Å². The molecule has 2 N–H and O–H groups in total. The average Bonchev–Trinajstić information content (AvgIpc) is 3.77. The molecule has 4 aromatic rings. The molecule has 0 spiro atoms. The zero-order valence-corrected chi connectivity index (χ0v) is 25.6. The molecule has 2 fully saturated rings. The van der Waals surface area contributed by atoms with Crippen molar-refractivity contribution < 1.29 is 9.47 Å². The van der Waals surface area contributed by atoms with Gasteiger partial charge in [-0.2, -0.15) is 0 Å². The average molecular weight is 596 g/mol. The fourth-order valence-electron chi connectivity index (χ4n) is 5.61. The van der Waals surface area contributed by atoms with Crippen LogP contribution in [-0.4, -0.2) is 81.5 Å². The van der Waals surface area contributed by atoms with Gasteiger partial charge in [0.05, 0.1) is 26.4 Å². The normalized spacial score (nSPS) is 19.5. The Bertz CT molecular complexity index is 1210.